The Morgan fingerprint density at radius 2 is 1.82 bits per heavy atom. The van der Waals surface area contributed by atoms with E-state index in [-0.39, 0.29) is 12.0 Å². The number of rotatable bonds is 7. The molecule has 0 unspecified atom stereocenters. The third kappa shape index (κ3) is 4.92. The van der Waals surface area contributed by atoms with E-state index >= 15 is 0 Å². The summed E-state index contributed by atoms with van der Waals surface area (Å²) in [6, 6.07) is 17.1. The lowest BCUT2D eigenvalue weighted by Crippen LogP contribution is -2.37. The summed E-state index contributed by atoms with van der Waals surface area (Å²) in [5, 5.41) is 5.07. The molecule has 1 aromatic heterocycles. The topological polar surface area (TPSA) is 58.8 Å². The van der Waals surface area contributed by atoms with E-state index in [0.717, 1.165) is 68.1 Å². The van der Waals surface area contributed by atoms with Crippen LogP contribution in [0.4, 0.5) is 5.88 Å². The van der Waals surface area contributed by atoms with Crippen LogP contribution in [0.1, 0.15) is 41.6 Å². The molecule has 2 fully saturated rings. The normalized spacial score (nSPS) is 18.1. The fourth-order valence-electron chi connectivity index (χ4n) is 4.65. The van der Waals surface area contributed by atoms with E-state index in [1.54, 1.807) is 24.3 Å². The van der Waals surface area contributed by atoms with E-state index in [0.29, 0.717) is 23.7 Å². The van der Waals surface area contributed by atoms with Crippen LogP contribution in [0.15, 0.2) is 59.1 Å². The fraction of sp³-hybridized carbons (Fsp3) is 0.385. The van der Waals surface area contributed by atoms with Gasteiger partial charge in [0.15, 0.2) is 0 Å². The van der Waals surface area contributed by atoms with E-state index in [1.165, 1.54) is 0 Å². The Morgan fingerprint density at radius 1 is 1.06 bits per heavy atom. The molecular weight excluding hydrogens is 438 g/mol. The minimum Gasteiger partial charge on any atom is -0.376 e. The number of carbonyl (C=O) groups is 1. The van der Waals surface area contributed by atoms with Crippen LogP contribution in [-0.2, 0) is 11.3 Å². The molecule has 0 saturated carbocycles. The molecule has 6 nitrogen and oxygen atoms in total. The summed E-state index contributed by atoms with van der Waals surface area (Å²) in [5.41, 5.74) is 3.33. The Balaban J connectivity index is 1.51. The molecule has 2 aliphatic heterocycles. The van der Waals surface area contributed by atoms with Gasteiger partial charge in [0.05, 0.1) is 18.2 Å². The molecule has 7 heteroatoms. The maximum atomic E-state index is 13.6. The molecule has 2 aliphatic rings. The molecule has 3 aromatic rings. The van der Waals surface area contributed by atoms with Crippen LogP contribution < -0.4 is 4.90 Å². The molecule has 1 amide bonds. The Morgan fingerprint density at radius 3 is 2.52 bits per heavy atom. The zero-order valence-electron chi connectivity index (χ0n) is 18.6. The first kappa shape index (κ1) is 22.0. The van der Waals surface area contributed by atoms with Crippen molar-refractivity contribution in [2.75, 3.05) is 31.1 Å². The molecule has 33 heavy (non-hydrogen) atoms. The predicted molar refractivity (Wildman–Crippen MR) is 129 cm³/mol. The number of nitrogens with zero attached hydrogens (tertiary/aromatic N) is 3. The first-order chi connectivity index (χ1) is 16.2. The quantitative estimate of drug-likeness (QED) is 0.466. The van der Waals surface area contributed by atoms with Crippen LogP contribution in [0, 0.1) is 0 Å². The summed E-state index contributed by atoms with van der Waals surface area (Å²) in [6.45, 7) is 3.55. The average Bonchev–Trinajstić information content (AvgIpc) is 3.61. The summed E-state index contributed by atoms with van der Waals surface area (Å²) >= 11 is 6.06. The van der Waals surface area contributed by atoms with Gasteiger partial charge in [0.25, 0.3) is 5.91 Å². The van der Waals surface area contributed by atoms with Gasteiger partial charge in [-0.05, 0) is 49.9 Å². The smallest absolute Gasteiger partial charge is 0.254 e. The summed E-state index contributed by atoms with van der Waals surface area (Å²) in [4.78, 5) is 17.7. The monoisotopic (exact) mass is 465 g/mol. The largest absolute Gasteiger partial charge is 0.376 e. The van der Waals surface area contributed by atoms with Crippen molar-refractivity contribution in [2.45, 2.75) is 38.3 Å². The number of hydrogen-bond acceptors (Lipinski definition) is 5. The van der Waals surface area contributed by atoms with Crippen molar-refractivity contribution in [2.24, 2.45) is 0 Å². The van der Waals surface area contributed by atoms with E-state index in [9.17, 15) is 4.79 Å². The van der Waals surface area contributed by atoms with E-state index in [4.69, 9.17) is 20.9 Å². The number of halogens is 1. The number of amides is 1. The molecule has 0 bridgehead atoms. The Bertz CT molecular complexity index is 1070. The van der Waals surface area contributed by atoms with Gasteiger partial charge < -0.3 is 19.1 Å². The Kier molecular flexibility index (Phi) is 6.65. The molecule has 2 saturated heterocycles. The molecular formula is C26H28ClN3O3. The lowest BCUT2D eigenvalue weighted by Gasteiger charge is -2.27. The molecule has 172 valence electrons. The summed E-state index contributed by atoms with van der Waals surface area (Å²) in [6.07, 6.45) is 4.28. The highest BCUT2D eigenvalue weighted by molar-refractivity contribution is 6.30. The second-order valence-electron chi connectivity index (χ2n) is 8.70. The minimum absolute atomic E-state index is 0.0384. The van der Waals surface area contributed by atoms with Crippen LogP contribution in [0.5, 0.6) is 0 Å². The van der Waals surface area contributed by atoms with Gasteiger partial charge in [-0.3, -0.25) is 4.79 Å². The standard InChI is InChI=1S/C26H28ClN3O3/c27-21-12-10-20(11-13-21)25(31)30(17-22-9-6-16-32-22)18-23-24(19-7-2-1-3-8-19)28-33-26(23)29-14-4-5-15-29/h1-3,7-8,10-13,22H,4-6,9,14-18H2/t22-/m0/s1. The highest BCUT2D eigenvalue weighted by Gasteiger charge is 2.30. The second-order valence-corrected chi connectivity index (χ2v) is 9.14. The van der Waals surface area contributed by atoms with Crippen LogP contribution in [0.2, 0.25) is 5.02 Å². The van der Waals surface area contributed by atoms with Crippen molar-refractivity contribution >= 4 is 23.4 Å². The van der Waals surface area contributed by atoms with Crippen molar-refractivity contribution in [3.8, 4) is 11.3 Å². The lowest BCUT2D eigenvalue weighted by molar-refractivity contribution is 0.0507. The van der Waals surface area contributed by atoms with Crippen molar-refractivity contribution in [3.05, 3.63) is 70.7 Å². The third-order valence-corrected chi connectivity index (χ3v) is 6.64. The lowest BCUT2D eigenvalue weighted by atomic mass is 10.1. The first-order valence-corrected chi connectivity index (χ1v) is 12.0. The van der Waals surface area contributed by atoms with Crippen LogP contribution in [0.25, 0.3) is 11.3 Å². The van der Waals surface area contributed by atoms with Gasteiger partial charge in [-0.1, -0.05) is 47.1 Å². The maximum absolute atomic E-state index is 13.6. The SMILES string of the molecule is O=C(c1ccc(Cl)cc1)N(Cc1c(-c2ccccc2)noc1N1CCCC1)C[C@@H]1CCCO1. The van der Waals surface area contributed by atoms with E-state index in [1.807, 2.05) is 35.2 Å². The van der Waals surface area contributed by atoms with Crippen molar-refractivity contribution in [3.63, 3.8) is 0 Å². The van der Waals surface area contributed by atoms with Gasteiger partial charge in [0, 0.05) is 42.4 Å². The summed E-state index contributed by atoms with van der Waals surface area (Å²) in [7, 11) is 0. The van der Waals surface area contributed by atoms with Gasteiger partial charge in [0.2, 0.25) is 5.88 Å². The van der Waals surface area contributed by atoms with Crippen LogP contribution >= 0.6 is 11.6 Å². The molecule has 1 atom stereocenters. The zero-order valence-corrected chi connectivity index (χ0v) is 19.3. The molecule has 2 aromatic carbocycles. The minimum atomic E-state index is -0.0465. The van der Waals surface area contributed by atoms with E-state index in [2.05, 4.69) is 10.1 Å². The number of carbonyl (C=O) groups excluding carboxylic acids is 1. The summed E-state index contributed by atoms with van der Waals surface area (Å²) < 4.78 is 11.8. The van der Waals surface area contributed by atoms with Crippen molar-refractivity contribution in [1.29, 1.82) is 0 Å². The van der Waals surface area contributed by atoms with Crippen molar-refractivity contribution < 1.29 is 14.1 Å². The van der Waals surface area contributed by atoms with Gasteiger partial charge in [-0.15, -0.1) is 0 Å². The molecule has 0 radical (unpaired) electrons. The number of anilines is 1. The highest BCUT2D eigenvalue weighted by Crippen LogP contribution is 2.34. The van der Waals surface area contributed by atoms with Crippen LogP contribution in [0.3, 0.4) is 0 Å². The number of hydrogen-bond donors (Lipinski definition) is 0. The van der Waals surface area contributed by atoms with E-state index < -0.39 is 0 Å². The first-order valence-electron chi connectivity index (χ1n) is 11.6. The molecule has 0 spiro atoms. The van der Waals surface area contributed by atoms with Gasteiger partial charge in [-0.2, -0.15) is 0 Å². The summed E-state index contributed by atoms with van der Waals surface area (Å²) in [5.74, 6) is 0.724. The number of ether oxygens (including phenoxy) is 1. The molecule has 0 aliphatic carbocycles. The second kappa shape index (κ2) is 9.98. The number of aromatic nitrogens is 1. The van der Waals surface area contributed by atoms with Gasteiger partial charge >= 0.3 is 0 Å². The van der Waals surface area contributed by atoms with Gasteiger partial charge in [0.1, 0.15) is 5.69 Å². The maximum Gasteiger partial charge on any atom is 0.254 e. The highest BCUT2D eigenvalue weighted by atomic mass is 35.5. The fourth-order valence-corrected chi connectivity index (χ4v) is 4.78. The molecule has 5 rings (SSSR count). The van der Waals surface area contributed by atoms with Crippen molar-refractivity contribution in [1.82, 2.24) is 10.1 Å². The Labute approximate surface area is 199 Å². The molecule has 3 heterocycles. The Hall–Kier alpha value is -2.83. The van der Waals surface area contributed by atoms with Gasteiger partial charge in [-0.25, -0.2) is 0 Å². The number of benzene rings is 2. The zero-order chi connectivity index (χ0) is 22.6. The average molecular weight is 466 g/mol. The molecule has 0 N–H and O–H groups in total. The third-order valence-electron chi connectivity index (χ3n) is 6.38. The van der Waals surface area contributed by atoms with Crippen LogP contribution in [-0.4, -0.2) is 48.3 Å². The predicted octanol–water partition coefficient (Wildman–Crippen LogP) is 5.42.